The summed E-state index contributed by atoms with van der Waals surface area (Å²) in [5.41, 5.74) is 3.88. The highest BCUT2D eigenvalue weighted by Gasteiger charge is 2.56. The van der Waals surface area contributed by atoms with E-state index >= 15 is 0 Å². The molecule has 2 aromatic carbocycles. The van der Waals surface area contributed by atoms with Crippen LogP contribution >= 0.6 is 0 Å². The molecule has 8 nitrogen and oxygen atoms in total. The molecular formula is C29H32N4O4. The third kappa shape index (κ3) is 4.00. The molecule has 8 heteroatoms. The molecule has 37 heavy (non-hydrogen) atoms. The second-order valence-electron chi connectivity index (χ2n) is 10.3. The second kappa shape index (κ2) is 9.34. The van der Waals surface area contributed by atoms with Gasteiger partial charge in [0.25, 0.3) is 0 Å². The van der Waals surface area contributed by atoms with Crippen molar-refractivity contribution in [3.8, 4) is 11.5 Å². The highest BCUT2D eigenvalue weighted by molar-refractivity contribution is 5.96. The molecule has 1 fully saturated rings. The number of hydrogen-bond donors (Lipinski definition) is 0. The Labute approximate surface area is 216 Å². The number of Topliss-reactive ketones (excluding diaryl/α,β-unsaturated/α-hetero) is 1. The van der Waals surface area contributed by atoms with Gasteiger partial charge in [0.1, 0.15) is 12.3 Å². The predicted molar refractivity (Wildman–Crippen MR) is 138 cm³/mol. The Kier molecular flexibility index (Phi) is 5.99. The highest BCUT2D eigenvalue weighted by Crippen LogP contribution is 2.58. The van der Waals surface area contributed by atoms with Crippen molar-refractivity contribution in [3.63, 3.8) is 0 Å². The molecule has 3 atom stereocenters. The minimum Gasteiger partial charge on any atom is -0.493 e. The van der Waals surface area contributed by atoms with E-state index in [0.29, 0.717) is 36.3 Å². The van der Waals surface area contributed by atoms with Crippen molar-refractivity contribution in [1.82, 2.24) is 19.9 Å². The van der Waals surface area contributed by atoms with E-state index in [-0.39, 0.29) is 23.7 Å². The van der Waals surface area contributed by atoms with Crippen molar-refractivity contribution in [1.29, 1.82) is 0 Å². The van der Waals surface area contributed by atoms with Crippen molar-refractivity contribution in [3.05, 3.63) is 82.9 Å². The van der Waals surface area contributed by atoms with E-state index in [4.69, 9.17) is 14.2 Å². The summed E-state index contributed by atoms with van der Waals surface area (Å²) in [5, 5.41) is 8.63. The van der Waals surface area contributed by atoms with E-state index in [0.717, 1.165) is 36.2 Å². The number of hydrogen-bond acceptors (Lipinski definition) is 7. The van der Waals surface area contributed by atoms with Gasteiger partial charge in [0.05, 0.1) is 27.0 Å². The zero-order chi connectivity index (χ0) is 25.6. The van der Waals surface area contributed by atoms with E-state index in [2.05, 4.69) is 46.5 Å². The van der Waals surface area contributed by atoms with E-state index in [1.165, 1.54) is 5.56 Å². The van der Waals surface area contributed by atoms with Crippen molar-refractivity contribution in [2.75, 3.05) is 27.8 Å². The summed E-state index contributed by atoms with van der Waals surface area (Å²) in [6, 6.07) is 14.6. The van der Waals surface area contributed by atoms with Crippen LogP contribution in [0.3, 0.4) is 0 Å². The van der Waals surface area contributed by atoms with Gasteiger partial charge in [-0.05, 0) is 49.7 Å². The predicted octanol–water partition coefficient (Wildman–Crippen LogP) is 3.53. The Hall–Kier alpha value is -3.65. The average Bonchev–Trinajstić information content (AvgIpc) is 3.36. The zero-order valence-electron chi connectivity index (χ0n) is 21.5. The van der Waals surface area contributed by atoms with E-state index in [1.807, 2.05) is 35.1 Å². The molecule has 0 saturated carbocycles. The number of carbonyl (C=O) groups excluding carboxylic acids is 1. The number of piperidine rings is 1. The van der Waals surface area contributed by atoms with Crippen LogP contribution < -0.4 is 9.47 Å². The van der Waals surface area contributed by atoms with Gasteiger partial charge in [0.15, 0.2) is 23.0 Å². The Morgan fingerprint density at radius 2 is 1.95 bits per heavy atom. The fourth-order valence-electron chi connectivity index (χ4n) is 6.55. The number of ether oxygens (including phenoxy) is 3. The number of likely N-dealkylation sites (tertiary alicyclic amines) is 1. The van der Waals surface area contributed by atoms with Crippen LogP contribution in [0.15, 0.2) is 60.5 Å². The first-order chi connectivity index (χ1) is 18.0. The molecule has 0 spiro atoms. The first-order valence-electron chi connectivity index (χ1n) is 12.8. The summed E-state index contributed by atoms with van der Waals surface area (Å²) in [5.74, 6) is 2.08. The lowest BCUT2D eigenvalue weighted by Gasteiger charge is -2.56. The normalized spacial score (nSPS) is 24.6. The molecule has 192 valence electrons. The number of ketones is 1. The Bertz CT molecular complexity index is 1350. The molecule has 1 saturated heterocycles. The summed E-state index contributed by atoms with van der Waals surface area (Å²) >= 11 is 0. The lowest BCUT2D eigenvalue weighted by atomic mass is 9.53. The van der Waals surface area contributed by atoms with Crippen molar-refractivity contribution >= 4 is 5.78 Å². The molecule has 0 radical (unpaired) electrons. The minimum absolute atomic E-state index is 0.0486. The SMILES string of the molecule is COC1=C[C@@H]2[C@@H]3Cc4ccc(OC)c(OCc5cn(Cc6ccccc6)nn5)c4[C@]2(CCN3C)CC1=O. The van der Waals surface area contributed by atoms with Crippen LogP contribution in [0.1, 0.15) is 35.2 Å². The molecule has 2 aliphatic carbocycles. The number of carbonyl (C=O) groups is 1. The molecule has 1 aliphatic heterocycles. The van der Waals surface area contributed by atoms with Gasteiger partial charge < -0.3 is 19.1 Å². The fraction of sp³-hybridized carbons (Fsp3) is 0.414. The minimum atomic E-state index is -0.349. The molecule has 1 aromatic heterocycles. The number of allylic oxidation sites excluding steroid dienone is 1. The largest absolute Gasteiger partial charge is 0.493 e. The van der Waals surface area contributed by atoms with E-state index in [9.17, 15) is 4.79 Å². The van der Waals surface area contributed by atoms with Crippen LogP contribution in [0.25, 0.3) is 0 Å². The molecule has 0 amide bonds. The van der Waals surface area contributed by atoms with Crippen LogP contribution in [-0.2, 0) is 34.5 Å². The number of fused-ring (bicyclic) bond motifs is 1. The van der Waals surface area contributed by atoms with Gasteiger partial charge in [-0.15, -0.1) is 5.10 Å². The maximum Gasteiger partial charge on any atom is 0.197 e. The van der Waals surface area contributed by atoms with Gasteiger partial charge in [0.2, 0.25) is 0 Å². The van der Waals surface area contributed by atoms with Gasteiger partial charge in [0, 0.05) is 29.4 Å². The molecule has 3 aromatic rings. The molecule has 2 bridgehead atoms. The molecule has 2 heterocycles. The summed E-state index contributed by atoms with van der Waals surface area (Å²) in [6.07, 6.45) is 6.14. The molecular weight excluding hydrogens is 468 g/mol. The van der Waals surface area contributed by atoms with Gasteiger partial charge in [-0.1, -0.05) is 41.6 Å². The maximum absolute atomic E-state index is 13.2. The Balaban J connectivity index is 1.35. The summed E-state index contributed by atoms with van der Waals surface area (Å²) in [4.78, 5) is 15.6. The Morgan fingerprint density at radius 3 is 2.73 bits per heavy atom. The third-order valence-corrected chi connectivity index (χ3v) is 8.32. The number of rotatable bonds is 7. The third-order valence-electron chi connectivity index (χ3n) is 8.32. The zero-order valence-corrected chi connectivity index (χ0v) is 21.5. The molecule has 0 unspecified atom stereocenters. The quantitative estimate of drug-likeness (QED) is 0.491. The lowest BCUT2D eigenvalue weighted by Crippen LogP contribution is -2.60. The maximum atomic E-state index is 13.2. The highest BCUT2D eigenvalue weighted by atomic mass is 16.5. The van der Waals surface area contributed by atoms with Crippen LogP contribution in [0.4, 0.5) is 0 Å². The second-order valence-corrected chi connectivity index (χ2v) is 10.3. The number of likely N-dealkylation sites (N-methyl/N-ethyl adjacent to an activating group) is 1. The van der Waals surface area contributed by atoms with Crippen molar-refractivity contribution in [2.45, 2.75) is 43.9 Å². The lowest BCUT2D eigenvalue weighted by molar-refractivity contribution is -0.122. The molecule has 3 aliphatic rings. The molecule has 6 rings (SSSR count). The summed E-state index contributed by atoms with van der Waals surface area (Å²) in [6.45, 7) is 1.83. The first kappa shape index (κ1) is 23.7. The van der Waals surface area contributed by atoms with Gasteiger partial charge in [-0.2, -0.15) is 0 Å². The monoisotopic (exact) mass is 500 g/mol. The average molecular weight is 501 g/mol. The number of aromatic nitrogens is 3. The summed E-state index contributed by atoms with van der Waals surface area (Å²) in [7, 11) is 5.42. The van der Waals surface area contributed by atoms with Crippen molar-refractivity contribution < 1.29 is 19.0 Å². The van der Waals surface area contributed by atoms with Gasteiger partial charge in [-0.3, -0.25) is 4.79 Å². The number of benzene rings is 2. The summed E-state index contributed by atoms with van der Waals surface area (Å²) < 4.78 is 19.6. The van der Waals surface area contributed by atoms with Crippen LogP contribution in [0.5, 0.6) is 11.5 Å². The number of nitrogens with zero attached hydrogens (tertiary/aromatic N) is 4. The van der Waals surface area contributed by atoms with Crippen LogP contribution in [0, 0.1) is 5.92 Å². The smallest absolute Gasteiger partial charge is 0.197 e. The standard InChI is InChI=1S/C29H32N4O4/c1-32-12-11-29-15-24(34)26(36-3)14-22(29)23(32)13-20-9-10-25(35-2)28(27(20)29)37-18-21-17-33(31-30-21)16-19-7-5-4-6-8-19/h4-10,14,17,22-23H,11-13,15-16,18H2,1-3H3/t22-,23+,29-/m1/s1. The first-order valence-corrected chi connectivity index (χ1v) is 12.8. The van der Waals surface area contributed by atoms with E-state index in [1.54, 1.807) is 14.2 Å². The topological polar surface area (TPSA) is 78.7 Å². The van der Waals surface area contributed by atoms with Crippen molar-refractivity contribution in [2.24, 2.45) is 5.92 Å². The van der Waals surface area contributed by atoms with E-state index < -0.39 is 0 Å². The number of methoxy groups -OCH3 is 2. The van der Waals surface area contributed by atoms with Gasteiger partial charge in [-0.25, -0.2) is 4.68 Å². The van der Waals surface area contributed by atoms with Gasteiger partial charge >= 0.3 is 0 Å². The fourth-order valence-corrected chi connectivity index (χ4v) is 6.55. The van der Waals surface area contributed by atoms with Crippen LogP contribution in [0.2, 0.25) is 0 Å². The van der Waals surface area contributed by atoms with Crippen LogP contribution in [-0.4, -0.2) is 59.5 Å². The Morgan fingerprint density at radius 1 is 1.11 bits per heavy atom. The molecule has 0 N–H and O–H groups in total.